The quantitative estimate of drug-likeness (QED) is 0.777. The fourth-order valence-corrected chi connectivity index (χ4v) is 3.07. The lowest BCUT2D eigenvalue weighted by molar-refractivity contribution is 0.389. The SMILES string of the molecule is CCNC1CCCCC(Cc2ccccc2)C1. The van der Waals surface area contributed by atoms with Crippen LogP contribution in [0.5, 0.6) is 0 Å². The van der Waals surface area contributed by atoms with Crippen molar-refractivity contribution in [1.29, 1.82) is 0 Å². The van der Waals surface area contributed by atoms with Crippen molar-refractivity contribution in [2.75, 3.05) is 6.54 Å². The monoisotopic (exact) mass is 231 g/mol. The molecule has 1 saturated carbocycles. The van der Waals surface area contributed by atoms with E-state index in [1.807, 2.05) is 0 Å². The summed E-state index contributed by atoms with van der Waals surface area (Å²) < 4.78 is 0. The molecule has 0 aromatic heterocycles. The van der Waals surface area contributed by atoms with Crippen molar-refractivity contribution < 1.29 is 0 Å². The smallest absolute Gasteiger partial charge is 0.00696 e. The standard InChI is InChI=1S/C16H25N/c1-2-17-16-11-7-6-10-15(13-16)12-14-8-4-3-5-9-14/h3-5,8-9,15-17H,2,6-7,10-13H2,1H3. The van der Waals surface area contributed by atoms with Gasteiger partial charge in [0.1, 0.15) is 0 Å². The second kappa shape index (κ2) is 6.80. The van der Waals surface area contributed by atoms with Crippen LogP contribution >= 0.6 is 0 Å². The molecule has 0 saturated heterocycles. The van der Waals surface area contributed by atoms with E-state index < -0.39 is 0 Å². The van der Waals surface area contributed by atoms with Crippen LogP contribution in [-0.2, 0) is 6.42 Å². The summed E-state index contributed by atoms with van der Waals surface area (Å²) in [5.74, 6) is 0.879. The molecule has 1 fully saturated rings. The average molecular weight is 231 g/mol. The highest BCUT2D eigenvalue weighted by atomic mass is 14.9. The van der Waals surface area contributed by atoms with Crippen LogP contribution in [0.2, 0.25) is 0 Å². The highest BCUT2D eigenvalue weighted by Crippen LogP contribution is 2.26. The molecule has 0 radical (unpaired) electrons. The zero-order valence-electron chi connectivity index (χ0n) is 11.0. The van der Waals surface area contributed by atoms with Crippen LogP contribution in [-0.4, -0.2) is 12.6 Å². The summed E-state index contributed by atoms with van der Waals surface area (Å²) in [4.78, 5) is 0. The van der Waals surface area contributed by atoms with Crippen molar-refractivity contribution in [2.24, 2.45) is 5.92 Å². The second-order valence-electron chi connectivity index (χ2n) is 5.33. The molecule has 1 nitrogen and oxygen atoms in total. The molecule has 1 N–H and O–H groups in total. The topological polar surface area (TPSA) is 12.0 Å². The fourth-order valence-electron chi connectivity index (χ4n) is 3.07. The van der Waals surface area contributed by atoms with E-state index in [9.17, 15) is 0 Å². The Balaban J connectivity index is 1.90. The molecule has 0 aliphatic heterocycles. The molecular weight excluding hydrogens is 206 g/mol. The fraction of sp³-hybridized carbons (Fsp3) is 0.625. The Morgan fingerprint density at radius 2 is 1.88 bits per heavy atom. The molecular formula is C16H25N. The molecule has 0 heterocycles. The van der Waals surface area contributed by atoms with Gasteiger partial charge in [0, 0.05) is 6.04 Å². The van der Waals surface area contributed by atoms with Crippen LogP contribution in [0.15, 0.2) is 30.3 Å². The molecule has 1 heteroatoms. The maximum absolute atomic E-state index is 3.64. The maximum atomic E-state index is 3.64. The van der Waals surface area contributed by atoms with Crippen molar-refractivity contribution in [1.82, 2.24) is 5.32 Å². The van der Waals surface area contributed by atoms with E-state index >= 15 is 0 Å². The third-order valence-electron chi connectivity index (χ3n) is 3.89. The van der Waals surface area contributed by atoms with Crippen molar-refractivity contribution in [3.63, 3.8) is 0 Å². The van der Waals surface area contributed by atoms with Gasteiger partial charge in [-0.2, -0.15) is 0 Å². The Labute approximate surface area is 106 Å². The molecule has 0 bridgehead atoms. The Morgan fingerprint density at radius 1 is 1.12 bits per heavy atom. The van der Waals surface area contributed by atoms with Gasteiger partial charge in [-0.25, -0.2) is 0 Å². The first-order valence-corrected chi connectivity index (χ1v) is 7.15. The van der Waals surface area contributed by atoms with Gasteiger partial charge in [0.25, 0.3) is 0 Å². The first-order chi connectivity index (χ1) is 8.38. The molecule has 1 aliphatic carbocycles. The number of hydrogen-bond acceptors (Lipinski definition) is 1. The van der Waals surface area contributed by atoms with Gasteiger partial charge in [-0.1, -0.05) is 56.5 Å². The molecule has 2 atom stereocenters. The first-order valence-electron chi connectivity index (χ1n) is 7.15. The molecule has 1 aliphatic rings. The largest absolute Gasteiger partial charge is 0.314 e. The lowest BCUT2D eigenvalue weighted by Crippen LogP contribution is -2.30. The Hall–Kier alpha value is -0.820. The maximum Gasteiger partial charge on any atom is 0.00696 e. The van der Waals surface area contributed by atoms with Crippen LogP contribution in [0.1, 0.15) is 44.6 Å². The lowest BCUT2D eigenvalue weighted by Gasteiger charge is -2.20. The molecule has 2 rings (SSSR count). The minimum atomic E-state index is 0.760. The molecule has 1 aromatic carbocycles. The summed E-state index contributed by atoms with van der Waals surface area (Å²) >= 11 is 0. The van der Waals surface area contributed by atoms with Crippen LogP contribution in [0.4, 0.5) is 0 Å². The lowest BCUT2D eigenvalue weighted by atomic mass is 9.91. The van der Waals surface area contributed by atoms with Crippen LogP contribution in [0, 0.1) is 5.92 Å². The van der Waals surface area contributed by atoms with E-state index in [0.29, 0.717) is 0 Å². The predicted molar refractivity (Wildman–Crippen MR) is 74.2 cm³/mol. The number of hydrogen-bond donors (Lipinski definition) is 1. The minimum Gasteiger partial charge on any atom is -0.314 e. The summed E-state index contributed by atoms with van der Waals surface area (Å²) in [5.41, 5.74) is 1.51. The Morgan fingerprint density at radius 3 is 2.65 bits per heavy atom. The number of benzene rings is 1. The van der Waals surface area contributed by atoms with Gasteiger partial charge in [-0.05, 0) is 37.3 Å². The van der Waals surface area contributed by atoms with Crippen LogP contribution < -0.4 is 5.32 Å². The molecule has 17 heavy (non-hydrogen) atoms. The van der Waals surface area contributed by atoms with E-state index in [0.717, 1.165) is 18.5 Å². The summed E-state index contributed by atoms with van der Waals surface area (Å²) in [6.07, 6.45) is 8.24. The highest BCUT2D eigenvalue weighted by molar-refractivity contribution is 5.15. The molecule has 1 aromatic rings. The van der Waals surface area contributed by atoms with Gasteiger partial charge in [-0.15, -0.1) is 0 Å². The van der Waals surface area contributed by atoms with Crippen LogP contribution in [0.25, 0.3) is 0 Å². The third-order valence-corrected chi connectivity index (χ3v) is 3.89. The molecule has 0 spiro atoms. The normalized spacial score (nSPS) is 25.5. The van der Waals surface area contributed by atoms with Crippen molar-refractivity contribution in [2.45, 2.75) is 51.5 Å². The van der Waals surface area contributed by atoms with E-state index in [1.165, 1.54) is 44.1 Å². The van der Waals surface area contributed by atoms with Gasteiger partial charge in [-0.3, -0.25) is 0 Å². The van der Waals surface area contributed by atoms with Gasteiger partial charge in [0.2, 0.25) is 0 Å². The zero-order valence-corrected chi connectivity index (χ0v) is 11.0. The Bertz CT molecular complexity index is 307. The van der Waals surface area contributed by atoms with Crippen molar-refractivity contribution >= 4 is 0 Å². The van der Waals surface area contributed by atoms with E-state index in [1.54, 1.807) is 0 Å². The summed E-state index contributed by atoms with van der Waals surface area (Å²) in [7, 11) is 0. The van der Waals surface area contributed by atoms with Gasteiger partial charge >= 0.3 is 0 Å². The highest BCUT2D eigenvalue weighted by Gasteiger charge is 2.19. The molecule has 2 unspecified atom stereocenters. The predicted octanol–water partition coefficient (Wildman–Crippen LogP) is 3.79. The third kappa shape index (κ3) is 4.16. The molecule has 0 amide bonds. The summed E-state index contributed by atoms with van der Waals surface area (Å²) in [5, 5.41) is 3.64. The summed E-state index contributed by atoms with van der Waals surface area (Å²) in [6.45, 7) is 3.33. The molecule has 94 valence electrons. The van der Waals surface area contributed by atoms with Crippen molar-refractivity contribution in [3.05, 3.63) is 35.9 Å². The van der Waals surface area contributed by atoms with Gasteiger partial charge in [0.15, 0.2) is 0 Å². The van der Waals surface area contributed by atoms with E-state index in [4.69, 9.17) is 0 Å². The average Bonchev–Trinajstić information content (AvgIpc) is 2.56. The first kappa shape index (κ1) is 12.6. The number of rotatable bonds is 4. The Kier molecular flexibility index (Phi) is 5.06. The van der Waals surface area contributed by atoms with Crippen molar-refractivity contribution in [3.8, 4) is 0 Å². The van der Waals surface area contributed by atoms with E-state index in [2.05, 4.69) is 42.6 Å². The second-order valence-corrected chi connectivity index (χ2v) is 5.33. The van der Waals surface area contributed by atoms with Gasteiger partial charge in [0.05, 0.1) is 0 Å². The number of nitrogens with one attached hydrogen (secondary N) is 1. The zero-order chi connectivity index (χ0) is 11.9. The van der Waals surface area contributed by atoms with Gasteiger partial charge < -0.3 is 5.32 Å². The van der Waals surface area contributed by atoms with E-state index in [-0.39, 0.29) is 0 Å². The van der Waals surface area contributed by atoms with Crippen LogP contribution in [0.3, 0.4) is 0 Å². The summed E-state index contributed by atoms with van der Waals surface area (Å²) in [6, 6.07) is 11.7. The minimum absolute atomic E-state index is 0.760.